The van der Waals surface area contributed by atoms with Crippen LogP contribution in [-0.2, 0) is 17.8 Å². The van der Waals surface area contributed by atoms with Crippen molar-refractivity contribution in [1.29, 1.82) is 0 Å². The first-order chi connectivity index (χ1) is 16.4. The van der Waals surface area contributed by atoms with Gasteiger partial charge in [0.25, 0.3) is 5.56 Å². The lowest BCUT2D eigenvalue weighted by atomic mass is 10.1. The summed E-state index contributed by atoms with van der Waals surface area (Å²) in [5.41, 5.74) is 1.82. The van der Waals surface area contributed by atoms with Gasteiger partial charge in [-0.15, -0.1) is 0 Å². The van der Waals surface area contributed by atoms with Gasteiger partial charge in [-0.3, -0.25) is 9.59 Å². The first-order valence-electron chi connectivity index (χ1n) is 11.2. The fourth-order valence-corrected chi connectivity index (χ4v) is 3.93. The standard InChI is InChI=1S/C25H27N3O6/c1-4-11-28-24(30)10-9-20(26-28)25(31)33-15-21(29)19-12-16(2)27(17(19)3)13-18-14-32-22-7-5-6-8-23(22)34-18/h5-10,12,18H,4,11,13-15H2,1-3H3. The number of carbonyl (C=O) groups is 2. The van der Waals surface area contributed by atoms with Gasteiger partial charge in [0.1, 0.15) is 6.61 Å². The van der Waals surface area contributed by atoms with Crippen LogP contribution in [-0.4, -0.2) is 45.4 Å². The molecule has 0 aliphatic carbocycles. The number of Topliss-reactive ketones (excluding diaryl/α,β-unsaturated/α-hetero) is 1. The average Bonchev–Trinajstić information content (AvgIpc) is 3.12. The van der Waals surface area contributed by atoms with Crippen molar-refractivity contribution in [2.45, 2.75) is 46.4 Å². The van der Waals surface area contributed by atoms with Crippen LogP contribution in [0.1, 0.15) is 45.6 Å². The van der Waals surface area contributed by atoms with Gasteiger partial charge < -0.3 is 18.8 Å². The number of carbonyl (C=O) groups excluding carboxylic acids is 2. The molecule has 3 heterocycles. The summed E-state index contributed by atoms with van der Waals surface area (Å²) >= 11 is 0. The molecule has 0 spiro atoms. The highest BCUT2D eigenvalue weighted by Crippen LogP contribution is 2.31. The number of hydrogen-bond donors (Lipinski definition) is 0. The molecular formula is C25H27N3O6. The first kappa shape index (κ1) is 23.3. The van der Waals surface area contributed by atoms with E-state index in [-0.39, 0.29) is 23.1 Å². The molecule has 0 amide bonds. The maximum atomic E-state index is 12.8. The van der Waals surface area contributed by atoms with Crippen molar-refractivity contribution >= 4 is 11.8 Å². The van der Waals surface area contributed by atoms with E-state index in [1.807, 2.05) is 49.6 Å². The van der Waals surface area contributed by atoms with E-state index in [4.69, 9.17) is 14.2 Å². The van der Waals surface area contributed by atoms with Crippen LogP contribution in [0.25, 0.3) is 0 Å². The molecule has 2 aromatic heterocycles. The third-order valence-electron chi connectivity index (χ3n) is 5.67. The Morgan fingerprint density at radius 3 is 2.68 bits per heavy atom. The topological polar surface area (TPSA) is 102 Å². The molecule has 0 bridgehead atoms. The number of aromatic nitrogens is 3. The Kier molecular flexibility index (Phi) is 6.81. The molecule has 3 aromatic rings. The average molecular weight is 466 g/mol. The lowest BCUT2D eigenvalue weighted by Crippen LogP contribution is -2.33. The quantitative estimate of drug-likeness (QED) is 0.372. The van der Waals surface area contributed by atoms with Crippen LogP contribution in [0.15, 0.2) is 47.3 Å². The molecule has 1 aliphatic rings. The highest BCUT2D eigenvalue weighted by atomic mass is 16.6. The predicted octanol–water partition coefficient (Wildman–Crippen LogP) is 2.95. The summed E-state index contributed by atoms with van der Waals surface area (Å²) in [7, 11) is 0. The maximum absolute atomic E-state index is 12.8. The van der Waals surface area contributed by atoms with Gasteiger partial charge in [-0.1, -0.05) is 19.1 Å². The van der Waals surface area contributed by atoms with Gasteiger partial charge in [-0.05, 0) is 44.5 Å². The zero-order valence-corrected chi connectivity index (χ0v) is 19.4. The molecule has 1 aromatic carbocycles. The maximum Gasteiger partial charge on any atom is 0.359 e. The highest BCUT2D eigenvalue weighted by molar-refractivity contribution is 6.00. The Hall–Kier alpha value is -3.88. The van der Waals surface area contributed by atoms with Crippen LogP contribution in [0.2, 0.25) is 0 Å². The second-order valence-corrected chi connectivity index (χ2v) is 8.17. The number of ketones is 1. The van der Waals surface area contributed by atoms with Crippen LogP contribution in [0.4, 0.5) is 0 Å². The number of nitrogens with zero attached hydrogens (tertiary/aromatic N) is 3. The van der Waals surface area contributed by atoms with E-state index in [1.165, 1.54) is 16.8 Å². The zero-order chi connectivity index (χ0) is 24.2. The lowest BCUT2D eigenvalue weighted by molar-refractivity contribution is 0.0465. The number of hydrogen-bond acceptors (Lipinski definition) is 7. The molecule has 1 aliphatic heterocycles. The number of esters is 1. The summed E-state index contributed by atoms with van der Waals surface area (Å²) < 4.78 is 20.2. The van der Waals surface area contributed by atoms with Crippen LogP contribution in [0.3, 0.4) is 0 Å². The fourth-order valence-electron chi connectivity index (χ4n) is 3.93. The van der Waals surface area contributed by atoms with Crippen molar-refractivity contribution in [2.24, 2.45) is 0 Å². The number of benzene rings is 1. The molecule has 0 N–H and O–H groups in total. The van der Waals surface area contributed by atoms with Gasteiger partial charge in [0, 0.05) is 29.6 Å². The van der Waals surface area contributed by atoms with Crippen LogP contribution < -0.4 is 15.0 Å². The molecule has 0 saturated carbocycles. The third kappa shape index (κ3) is 4.88. The Labute approximate surface area is 196 Å². The van der Waals surface area contributed by atoms with Gasteiger partial charge in [0.2, 0.25) is 5.78 Å². The molecule has 34 heavy (non-hydrogen) atoms. The molecular weight excluding hydrogens is 438 g/mol. The van der Waals surface area contributed by atoms with Crippen molar-refractivity contribution in [3.05, 3.63) is 75.5 Å². The summed E-state index contributed by atoms with van der Waals surface area (Å²) in [6, 6.07) is 11.9. The number of aryl methyl sites for hydroxylation is 2. The monoisotopic (exact) mass is 465 g/mol. The Morgan fingerprint density at radius 2 is 1.91 bits per heavy atom. The van der Waals surface area contributed by atoms with E-state index in [1.54, 1.807) is 6.07 Å². The van der Waals surface area contributed by atoms with Crippen molar-refractivity contribution in [3.8, 4) is 11.5 Å². The number of para-hydroxylation sites is 2. The largest absolute Gasteiger partial charge is 0.486 e. The van der Waals surface area contributed by atoms with E-state index in [0.29, 0.717) is 37.4 Å². The van der Waals surface area contributed by atoms with E-state index in [2.05, 4.69) is 5.10 Å². The van der Waals surface area contributed by atoms with Crippen molar-refractivity contribution in [2.75, 3.05) is 13.2 Å². The molecule has 178 valence electrons. The van der Waals surface area contributed by atoms with Crippen molar-refractivity contribution < 1.29 is 23.8 Å². The van der Waals surface area contributed by atoms with Crippen molar-refractivity contribution in [3.63, 3.8) is 0 Å². The molecule has 0 fully saturated rings. The van der Waals surface area contributed by atoms with Crippen LogP contribution in [0, 0.1) is 13.8 Å². The molecule has 9 nitrogen and oxygen atoms in total. The summed E-state index contributed by atoms with van der Waals surface area (Å²) in [5.74, 6) is 0.347. The minimum Gasteiger partial charge on any atom is -0.486 e. The second-order valence-electron chi connectivity index (χ2n) is 8.17. The summed E-state index contributed by atoms with van der Waals surface area (Å²) in [5, 5.41) is 4.02. The lowest BCUT2D eigenvalue weighted by Gasteiger charge is -2.27. The normalized spacial score (nSPS) is 14.6. The van der Waals surface area contributed by atoms with Gasteiger partial charge >= 0.3 is 5.97 Å². The Morgan fingerprint density at radius 1 is 1.15 bits per heavy atom. The molecule has 4 rings (SSSR count). The molecule has 1 atom stereocenters. The Balaban J connectivity index is 1.41. The fraction of sp³-hybridized carbons (Fsp3) is 0.360. The van der Waals surface area contributed by atoms with Gasteiger partial charge in [-0.25, -0.2) is 9.48 Å². The van der Waals surface area contributed by atoms with E-state index in [9.17, 15) is 14.4 Å². The van der Waals surface area contributed by atoms with Gasteiger partial charge in [0.15, 0.2) is 29.9 Å². The number of rotatable bonds is 8. The first-order valence-corrected chi connectivity index (χ1v) is 11.2. The predicted molar refractivity (Wildman–Crippen MR) is 124 cm³/mol. The molecule has 0 radical (unpaired) electrons. The SMILES string of the molecule is CCCn1nc(C(=O)OCC(=O)c2cc(C)n(CC3COc4ccccc4O3)c2C)ccc1=O. The van der Waals surface area contributed by atoms with Crippen LogP contribution >= 0.6 is 0 Å². The van der Waals surface area contributed by atoms with E-state index >= 15 is 0 Å². The van der Waals surface area contributed by atoms with Gasteiger partial charge in [0.05, 0.1) is 6.54 Å². The minimum atomic E-state index is -0.751. The second kappa shape index (κ2) is 9.94. The third-order valence-corrected chi connectivity index (χ3v) is 5.67. The summed E-state index contributed by atoms with van der Waals surface area (Å²) in [6.07, 6.45) is 0.495. The molecule has 1 unspecified atom stereocenters. The smallest absolute Gasteiger partial charge is 0.359 e. The number of ether oxygens (including phenoxy) is 3. The summed E-state index contributed by atoms with van der Waals surface area (Å²) in [6.45, 7) is 6.56. The molecule has 9 heteroatoms. The molecule has 0 saturated heterocycles. The Bertz CT molecular complexity index is 1280. The van der Waals surface area contributed by atoms with E-state index in [0.717, 1.165) is 17.1 Å². The zero-order valence-electron chi connectivity index (χ0n) is 19.4. The number of fused-ring (bicyclic) bond motifs is 1. The summed E-state index contributed by atoms with van der Waals surface area (Å²) in [4.78, 5) is 37.0. The van der Waals surface area contributed by atoms with Crippen LogP contribution in [0.5, 0.6) is 11.5 Å². The van der Waals surface area contributed by atoms with E-state index < -0.39 is 12.6 Å². The highest BCUT2D eigenvalue weighted by Gasteiger charge is 2.24. The van der Waals surface area contributed by atoms with Crippen molar-refractivity contribution in [1.82, 2.24) is 14.3 Å². The minimum absolute atomic E-state index is 0.0129. The van der Waals surface area contributed by atoms with Gasteiger partial charge in [-0.2, -0.15) is 5.10 Å².